The van der Waals surface area contributed by atoms with Crippen LogP contribution in [0.3, 0.4) is 0 Å². The molecule has 1 heterocycles. The van der Waals surface area contributed by atoms with Crippen LogP contribution in [0.2, 0.25) is 0 Å². The van der Waals surface area contributed by atoms with Gasteiger partial charge in [-0.1, -0.05) is 30.3 Å². The van der Waals surface area contributed by atoms with Crippen LogP contribution in [-0.2, 0) is 4.79 Å². The van der Waals surface area contributed by atoms with Gasteiger partial charge in [-0.3, -0.25) is 4.79 Å². The number of rotatable bonds is 5. The van der Waals surface area contributed by atoms with Crippen LogP contribution in [0.4, 0.5) is 14.5 Å². The lowest BCUT2D eigenvalue weighted by atomic mass is 10.1. The molecule has 3 rings (SSSR count). The van der Waals surface area contributed by atoms with E-state index >= 15 is 0 Å². The number of hydrogen-bond donors (Lipinski definition) is 0. The topological polar surface area (TPSA) is 32.8 Å². The van der Waals surface area contributed by atoms with Crippen molar-refractivity contribution in [2.45, 2.75) is 20.5 Å². The first-order valence-corrected chi connectivity index (χ1v) is 9.27. The van der Waals surface area contributed by atoms with Crippen LogP contribution in [0.25, 0.3) is 6.08 Å². The predicted octanol–water partition coefficient (Wildman–Crippen LogP) is 4.27. The molecule has 0 spiro atoms. The molecule has 0 radical (unpaired) electrons. The first-order chi connectivity index (χ1) is 13.5. The summed E-state index contributed by atoms with van der Waals surface area (Å²) in [5, 5.41) is 0. The average molecular weight is 386 g/mol. The number of carbonyl (C=O) groups is 1. The minimum absolute atomic E-state index is 0.0568. The summed E-state index contributed by atoms with van der Waals surface area (Å²) in [5.41, 5.74) is 4.17. The van der Waals surface area contributed by atoms with Crippen molar-refractivity contribution in [1.29, 1.82) is 0 Å². The standard InChI is InChI=1S/C22H24F2N2O2/c1-16-6-5-8-19(17(16)2)25-12-14-26(15-13-25)21(27)11-10-18-7-3-4-9-20(18)28-22(23)24/h3-11,22H,12-15H2,1-2H3/b11-10+. The Morgan fingerprint density at radius 3 is 2.46 bits per heavy atom. The first-order valence-electron chi connectivity index (χ1n) is 9.27. The van der Waals surface area contributed by atoms with Crippen LogP contribution in [0, 0.1) is 13.8 Å². The Labute approximate surface area is 164 Å². The van der Waals surface area contributed by atoms with Gasteiger partial charge in [0.1, 0.15) is 5.75 Å². The molecule has 0 aromatic heterocycles. The van der Waals surface area contributed by atoms with E-state index in [0.29, 0.717) is 18.7 Å². The van der Waals surface area contributed by atoms with E-state index in [-0.39, 0.29) is 11.7 Å². The van der Waals surface area contributed by atoms with Gasteiger partial charge < -0.3 is 14.5 Å². The van der Waals surface area contributed by atoms with Gasteiger partial charge in [0.2, 0.25) is 5.91 Å². The Hall–Kier alpha value is -2.89. The zero-order chi connectivity index (χ0) is 20.1. The fourth-order valence-corrected chi connectivity index (χ4v) is 3.33. The molecular formula is C22H24F2N2O2. The number of alkyl halides is 2. The number of carbonyl (C=O) groups excluding carboxylic acids is 1. The number of piperazine rings is 1. The second-order valence-electron chi connectivity index (χ2n) is 6.78. The maximum Gasteiger partial charge on any atom is 0.387 e. The highest BCUT2D eigenvalue weighted by molar-refractivity contribution is 5.92. The molecule has 6 heteroatoms. The molecule has 0 bridgehead atoms. The first kappa shape index (κ1) is 19.9. The van der Waals surface area contributed by atoms with Crippen molar-refractivity contribution in [2.24, 2.45) is 0 Å². The lowest BCUT2D eigenvalue weighted by Crippen LogP contribution is -2.48. The van der Waals surface area contributed by atoms with Gasteiger partial charge in [-0.25, -0.2) is 0 Å². The predicted molar refractivity (Wildman–Crippen MR) is 107 cm³/mol. The van der Waals surface area contributed by atoms with Gasteiger partial charge in [0, 0.05) is 43.5 Å². The zero-order valence-corrected chi connectivity index (χ0v) is 16.1. The molecule has 1 aliphatic heterocycles. The van der Waals surface area contributed by atoms with Crippen molar-refractivity contribution in [1.82, 2.24) is 4.90 Å². The molecule has 0 saturated carbocycles. The Morgan fingerprint density at radius 2 is 1.75 bits per heavy atom. The summed E-state index contributed by atoms with van der Waals surface area (Å²) in [6.45, 7) is 4.06. The van der Waals surface area contributed by atoms with E-state index < -0.39 is 6.61 Å². The number of aryl methyl sites for hydroxylation is 1. The maximum atomic E-state index is 12.5. The van der Waals surface area contributed by atoms with E-state index in [1.807, 2.05) is 0 Å². The van der Waals surface area contributed by atoms with Gasteiger partial charge in [0.25, 0.3) is 0 Å². The molecule has 148 valence electrons. The third-order valence-electron chi connectivity index (χ3n) is 5.05. The molecule has 0 aliphatic carbocycles. The maximum absolute atomic E-state index is 12.5. The van der Waals surface area contributed by atoms with Gasteiger partial charge in [-0.05, 0) is 43.2 Å². The highest BCUT2D eigenvalue weighted by atomic mass is 19.3. The van der Waals surface area contributed by atoms with Gasteiger partial charge in [-0.2, -0.15) is 8.78 Å². The summed E-state index contributed by atoms with van der Waals surface area (Å²) in [7, 11) is 0. The number of hydrogen-bond acceptors (Lipinski definition) is 3. The number of halogens is 2. The number of anilines is 1. The van der Waals surface area contributed by atoms with Gasteiger partial charge >= 0.3 is 6.61 Å². The molecule has 1 saturated heterocycles. The number of benzene rings is 2. The van der Waals surface area contributed by atoms with Crippen LogP contribution in [0.5, 0.6) is 5.75 Å². The molecule has 1 amide bonds. The van der Waals surface area contributed by atoms with E-state index in [1.54, 1.807) is 23.1 Å². The molecule has 0 unspecified atom stereocenters. The lowest BCUT2D eigenvalue weighted by Gasteiger charge is -2.36. The van der Waals surface area contributed by atoms with Crippen molar-refractivity contribution >= 4 is 17.7 Å². The van der Waals surface area contributed by atoms with E-state index in [1.165, 1.54) is 35.0 Å². The van der Waals surface area contributed by atoms with Gasteiger partial charge in [0.15, 0.2) is 0 Å². The van der Waals surface area contributed by atoms with E-state index in [9.17, 15) is 13.6 Å². The Bertz CT molecular complexity index is 859. The highest BCUT2D eigenvalue weighted by Crippen LogP contribution is 2.24. The van der Waals surface area contributed by atoms with Gasteiger partial charge in [0.05, 0.1) is 0 Å². The molecule has 0 N–H and O–H groups in total. The number of nitrogens with zero attached hydrogens (tertiary/aromatic N) is 2. The van der Waals surface area contributed by atoms with Crippen LogP contribution < -0.4 is 9.64 Å². The Balaban J connectivity index is 1.62. The van der Waals surface area contributed by atoms with Crippen LogP contribution >= 0.6 is 0 Å². The number of amides is 1. The van der Waals surface area contributed by atoms with Crippen molar-refractivity contribution in [3.8, 4) is 5.75 Å². The summed E-state index contributed by atoms with van der Waals surface area (Å²) in [6.07, 6.45) is 2.94. The monoisotopic (exact) mass is 386 g/mol. The molecule has 1 aliphatic rings. The summed E-state index contributed by atoms with van der Waals surface area (Å²) >= 11 is 0. The van der Waals surface area contributed by atoms with Crippen molar-refractivity contribution in [2.75, 3.05) is 31.1 Å². The summed E-state index contributed by atoms with van der Waals surface area (Å²) in [5.74, 6) is -0.0752. The van der Waals surface area contributed by atoms with Crippen molar-refractivity contribution in [3.63, 3.8) is 0 Å². The molecule has 2 aromatic rings. The van der Waals surface area contributed by atoms with Crippen molar-refractivity contribution < 1.29 is 18.3 Å². The normalized spacial score (nSPS) is 14.8. The Morgan fingerprint density at radius 1 is 1.04 bits per heavy atom. The second-order valence-corrected chi connectivity index (χ2v) is 6.78. The molecule has 28 heavy (non-hydrogen) atoms. The fraction of sp³-hybridized carbons (Fsp3) is 0.318. The van der Waals surface area contributed by atoms with Crippen LogP contribution in [0.15, 0.2) is 48.5 Å². The minimum atomic E-state index is -2.90. The third-order valence-corrected chi connectivity index (χ3v) is 5.05. The number of para-hydroxylation sites is 1. The summed E-state index contributed by atoms with van der Waals surface area (Å²) in [6, 6.07) is 12.7. The lowest BCUT2D eigenvalue weighted by molar-refractivity contribution is -0.126. The third kappa shape index (κ3) is 4.68. The molecule has 2 aromatic carbocycles. The van der Waals surface area contributed by atoms with E-state index in [2.05, 4.69) is 41.7 Å². The smallest absolute Gasteiger partial charge is 0.387 e. The molecule has 0 atom stereocenters. The SMILES string of the molecule is Cc1cccc(N2CCN(C(=O)/C=C/c3ccccc3OC(F)F)CC2)c1C. The van der Waals surface area contributed by atoms with E-state index in [4.69, 9.17) is 0 Å². The van der Waals surface area contributed by atoms with Gasteiger partial charge in [-0.15, -0.1) is 0 Å². The quantitative estimate of drug-likeness (QED) is 0.720. The van der Waals surface area contributed by atoms with Crippen LogP contribution in [-0.4, -0.2) is 43.6 Å². The Kier molecular flexibility index (Phi) is 6.29. The minimum Gasteiger partial charge on any atom is -0.434 e. The zero-order valence-electron chi connectivity index (χ0n) is 16.1. The summed E-state index contributed by atoms with van der Waals surface area (Å²) < 4.78 is 29.5. The molecular weight excluding hydrogens is 362 g/mol. The highest BCUT2D eigenvalue weighted by Gasteiger charge is 2.21. The molecule has 4 nitrogen and oxygen atoms in total. The van der Waals surface area contributed by atoms with Crippen molar-refractivity contribution in [3.05, 3.63) is 65.2 Å². The number of ether oxygens (including phenoxy) is 1. The van der Waals surface area contributed by atoms with Crippen LogP contribution in [0.1, 0.15) is 16.7 Å². The average Bonchev–Trinajstić information content (AvgIpc) is 2.69. The van der Waals surface area contributed by atoms with E-state index in [0.717, 1.165) is 13.1 Å². The molecule has 1 fully saturated rings. The fourth-order valence-electron chi connectivity index (χ4n) is 3.33. The second kappa shape index (κ2) is 8.87. The largest absolute Gasteiger partial charge is 0.434 e. The summed E-state index contributed by atoms with van der Waals surface area (Å²) in [4.78, 5) is 16.6.